The van der Waals surface area contributed by atoms with E-state index in [1.807, 2.05) is 0 Å². The van der Waals surface area contributed by atoms with Crippen LogP contribution in [-0.4, -0.2) is 26.2 Å². The van der Waals surface area contributed by atoms with Crippen LogP contribution < -0.4 is 0 Å². The number of hydrogen-bond acceptors (Lipinski definition) is 3. The number of hydrogen-bond donors (Lipinski definition) is 0. The Morgan fingerprint density at radius 3 is 2.57 bits per heavy atom. The molecule has 1 rings (SSSR count). The Balaban J connectivity index is 2.91. The summed E-state index contributed by atoms with van der Waals surface area (Å²) in [6.07, 6.45) is 0.962. The molecule has 0 radical (unpaired) electrons. The van der Waals surface area contributed by atoms with Crippen LogP contribution in [0.4, 0.5) is 4.39 Å². The molecule has 0 saturated heterocycles. The molecule has 0 N–H and O–H groups in total. The lowest BCUT2D eigenvalue weighted by Gasteiger charge is -1.98. The summed E-state index contributed by atoms with van der Waals surface area (Å²) < 4.78 is 34.2. The van der Waals surface area contributed by atoms with Gasteiger partial charge in [-0.25, -0.2) is 12.8 Å². The van der Waals surface area contributed by atoms with Crippen LogP contribution in [0.25, 0.3) is 0 Å². The molecule has 0 unspecified atom stereocenters. The van der Waals surface area contributed by atoms with Gasteiger partial charge in [-0.05, 0) is 12.1 Å². The number of Topliss-reactive ketones (excluding diaryl/α,β-unsaturated/α-hetero) is 1. The molecule has 5 heteroatoms. The molecule has 0 heterocycles. The zero-order chi connectivity index (χ0) is 10.8. The predicted octanol–water partition coefficient (Wildman–Crippen LogP) is 1.05. The maximum atomic E-state index is 12.7. The molecule has 0 spiro atoms. The zero-order valence-corrected chi connectivity index (χ0v) is 8.34. The van der Waals surface area contributed by atoms with Gasteiger partial charge in [0.15, 0.2) is 15.6 Å². The third kappa shape index (κ3) is 3.26. The molecule has 1 aromatic carbocycles. The third-order valence-corrected chi connectivity index (χ3v) is 2.33. The first kappa shape index (κ1) is 10.8. The van der Waals surface area contributed by atoms with Gasteiger partial charge in [0.1, 0.15) is 11.6 Å². The number of halogens is 1. The van der Waals surface area contributed by atoms with E-state index in [9.17, 15) is 17.6 Å². The molecule has 76 valence electrons. The molecule has 0 aliphatic heterocycles. The van der Waals surface area contributed by atoms with Crippen molar-refractivity contribution < 1.29 is 17.6 Å². The first-order valence-corrected chi connectivity index (χ1v) is 5.91. The van der Waals surface area contributed by atoms with Crippen LogP contribution in [0.5, 0.6) is 0 Å². The number of carbonyl (C=O) groups is 1. The largest absolute Gasteiger partial charge is 0.293 e. The highest BCUT2D eigenvalue weighted by Crippen LogP contribution is 2.05. The van der Waals surface area contributed by atoms with Crippen LogP contribution in [0.1, 0.15) is 10.4 Å². The second-order valence-electron chi connectivity index (χ2n) is 3.00. The number of benzene rings is 1. The van der Waals surface area contributed by atoms with Gasteiger partial charge in [-0.1, -0.05) is 12.1 Å². The van der Waals surface area contributed by atoms with Gasteiger partial charge in [0.05, 0.1) is 0 Å². The number of ketones is 1. The first-order chi connectivity index (χ1) is 6.38. The molecule has 14 heavy (non-hydrogen) atoms. The molecular formula is C9H9FO3S. The fraction of sp³-hybridized carbons (Fsp3) is 0.222. The summed E-state index contributed by atoms with van der Waals surface area (Å²) in [5.74, 6) is -1.73. The Kier molecular flexibility index (Phi) is 3.00. The normalized spacial score (nSPS) is 11.3. The van der Waals surface area contributed by atoms with Gasteiger partial charge in [0, 0.05) is 11.8 Å². The van der Waals surface area contributed by atoms with Crippen molar-refractivity contribution >= 4 is 15.6 Å². The fourth-order valence-electron chi connectivity index (χ4n) is 0.983. The minimum atomic E-state index is -3.36. The predicted molar refractivity (Wildman–Crippen MR) is 50.4 cm³/mol. The highest BCUT2D eigenvalue weighted by Gasteiger charge is 2.13. The lowest BCUT2D eigenvalue weighted by Crippen LogP contribution is -2.14. The van der Waals surface area contributed by atoms with E-state index < -0.39 is 27.2 Å². The van der Waals surface area contributed by atoms with Crippen LogP contribution >= 0.6 is 0 Å². The highest BCUT2D eigenvalue weighted by molar-refractivity contribution is 7.91. The fourth-order valence-corrected chi connectivity index (χ4v) is 1.63. The molecular weight excluding hydrogens is 207 g/mol. The van der Waals surface area contributed by atoms with E-state index in [4.69, 9.17) is 0 Å². The Bertz CT molecular complexity index is 451. The van der Waals surface area contributed by atoms with E-state index in [-0.39, 0.29) is 5.56 Å². The quantitative estimate of drug-likeness (QED) is 0.710. The van der Waals surface area contributed by atoms with Gasteiger partial charge >= 0.3 is 0 Å². The van der Waals surface area contributed by atoms with E-state index in [0.717, 1.165) is 12.3 Å². The van der Waals surface area contributed by atoms with Crippen LogP contribution in [0.3, 0.4) is 0 Å². The second kappa shape index (κ2) is 3.88. The Morgan fingerprint density at radius 2 is 2.07 bits per heavy atom. The van der Waals surface area contributed by atoms with Crippen molar-refractivity contribution in [2.45, 2.75) is 0 Å². The van der Waals surface area contributed by atoms with Gasteiger partial charge in [-0.2, -0.15) is 0 Å². The van der Waals surface area contributed by atoms with Crippen molar-refractivity contribution in [2.24, 2.45) is 0 Å². The third-order valence-electron chi connectivity index (χ3n) is 1.54. The zero-order valence-electron chi connectivity index (χ0n) is 7.53. The van der Waals surface area contributed by atoms with Gasteiger partial charge in [0.2, 0.25) is 0 Å². The van der Waals surface area contributed by atoms with Crippen molar-refractivity contribution in [3.63, 3.8) is 0 Å². The molecule has 3 nitrogen and oxygen atoms in total. The SMILES string of the molecule is CS(=O)(=O)CC(=O)c1cccc(F)c1. The van der Waals surface area contributed by atoms with E-state index in [1.54, 1.807) is 0 Å². The smallest absolute Gasteiger partial charge is 0.177 e. The van der Waals surface area contributed by atoms with Gasteiger partial charge < -0.3 is 0 Å². The highest BCUT2D eigenvalue weighted by atomic mass is 32.2. The Hall–Kier alpha value is -1.23. The van der Waals surface area contributed by atoms with Crippen molar-refractivity contribution in [1.82, 2.24) is 0 Å². The van der Waals surface area contributed by atoms with Crippen molar-refractivity contribution in [3.05, 3.63) is 35.6 Å². The maximum absolute atomic E-state index is 12.7. The molecule has 0 saturated carbocycles. The van der Waals surface area contributed by atoms with Gasteiger partial charge in [0.25, 0.3) is 0 Å². The number of carbonyl (C=O) groups excluding carboxylic acids is 1. The van der Waals surface area contributed by atoms with Gasteiger partial charge in [-0.3, -0.25) is 4.79 Å². The molecule has 0 bridgehead atoms. The first-order valence-electron chi connectivity index (χ1n) is 3.85. The standard InChI is InChI=1S/C9H9FO3S/c1-14(12,13)6-9(11)7-3-2-4-8(10)5-7/h2-5H,6H2,1H3. The lowest BCUT2D eigenvalue weighted by atomic mass is 10.1. The lowest BCUT2D eigenvalue weighted by molar-refractivity contribution is 0.102. The monoisotopic (exact) mass is 216 g/mol. The number of rotatable bonds is 3. The second-order valence-corrected chi connectivity index (χ2v) is 5.14. The van der Waals surface area contributed by atoms with E-state index in [0.29, 0.717) is 0 Å². The van der Waals surface area contributed by atoms with Crippen LogP contribution in [0.2, 0.25) is 0 Å². The minimum absolute atomic E-state index is 0.0791. The minimum Gasteiger partial charge on any atom is -0.293 e. The summed E-state index contributed by atoms with van der Waals surface area (Å²) in [5.41, 5.74) is 0.0791. The molecule has 0 aliphatic rings. The summed E-state index contributed by atoms with van der Waals surface area (Å²) in [6.45, 7) is 0. The summed E-state index contributed by atoms with van der Waals surface area (Å²) in [5, 5.41) is 0. The maximum Gasteiger partial charge on any atom is 0.177 e. The van der Waals surface area contributed by atoms with Crippen LogP contribution in [-0.2, 0) is 9.84 Å². The van der Waals surface area contributed by atoms with Crippen LogP contribution in [0, 0.1) is 5.82 Å². The summed E-state index contributed by atoms with van der Waals surface area (Å²) in [6, 6.07) is 4.96. The van der Waals surface area contributed by atoms with E-state index in [1.165, 1.54) is 18.2 Å². The topological polar surface area (TPSA) is 51.2 Å². The average molecular weight is 216 g/mol. The average Bonchev–Trinajstić information content (AvgIpc) is 2.01. The van der Waals surface area contributed by atoms with Crippen molar-refractivity contribution in [1.29, 1.82) is 0 Å². The number of sulfone groups is 1. The summed E-state index contributed by atoms with van der Waals surface area (Å²) >= 11 is 0. The van der Waals surface area contributed by atoms with E-state index >= 15 is 0 Å². The molecule has 1 aromatic rings. The summed E-state index contributed by atoms with van der Waals surface area (Å²) in [7, 11) is -3.36. The van der Waals surface area contributed by atoms with E-state index in [2.05, 4.69) is 0 Å². The Labute approximate surface area is 81.5 Å². The Morgan fingerprint density at radius 1 is 1.43 bits per heavy atom. The van der Waals surface area contributed by atoms with Crippen LogP contribution in [0.15, 0.2) is 24.3 Å². The van der Waals surface area contributed by atoms with Crippen molar-refractivity contribution in [3.8, 4) is 0 Å². The summed E-state index contributed by atoms with van der Waals surface area (Å²) in [4.78, 5) is 11.3. The molecule has 0 amide bonds. The molecule has 0 atom stereocenters. The van der Waals surface area contributed by atoms with Gasteiger partial charge in [-0.15, -0.1) is 0 Å². The molecule has 0 aliphatic carbocycles. The van der Waals surface area contributed by atoms with Crippen molar-refractivity contribution in [2.75, 3.05) is 12.0 Å². The molecule has 0 fully saturated rings. The molecule has 0 aromatic heterocycles.